The Balaban J connectivity index is 1.37. The Bertz CT molecular complexity index is 1940. The van der Waals surface area contributed by atoms with Crippen LogP contribution in [-0.2, 0) is 41.3 Å². The van der Waals surface area contributed by atoms with E-state index in [1.54, 1.807) is 57.2 Å². The van der Waals surface area contributed by atoms with Crippen molar-refractivity contribution in [1.82, 2.24) is 9.80 Å². The first-order valence-corrected chi connectivity index (χ1v) is 16.5. The first kappa shape index (κ1) is 38.7. The van der Waals surface area contributed by atoms with E-state index in [0.29, 0.717) is 44.7 Å². The van der Waals surface area contributed by atoms with Crippen molar-refractivity contribution in [2.24, 2.45) is 0 Å². The molecular weight excluding hydrogens is 706 g/mol. The van der Waals surface area contributed by atoms with Crippen molar-refractivity contribution in [2.75, 3.05) is 13.1 Å². The van der Waals surface area contributed by atoms with Gasteiger partial charge >= 0.3 is 24.5 Å². The Labute approximate surface area is 301 Å². The minimum Gasteiger partial charge on any atom is -0.489 e. The lowest BCUT2D eigenvalue weighted by atomic mass is 9.91. The van der Waals surface area contributed by atoms with E-state index in [1.807, 2.05) is 0 Å². The van der Waals surface area contributed by atoms with E-state index in [9.17, 15) is 45.8 Å². The molecule has 14 heteroatoms. The zero-order chi connectivity index (χ0) is 38.7. The second kappa shape index (κ2) is 15.2. The molecule has 0 unspecified atom stereocenters. The molecule has 0 saturated carbocycles. The summed E-state index contributed by atoms with van der Waals surface area (Å²) in [5, 5.41) is 10.2. The van der Waals surface area contributed by atoms with Gasteiger partial charge < -0.3 is 14.6 Å². The number of rotatable bonds is 8. The molecule has 1 heterocycles. The maximum Gasteiger partial charge on any atom is 0.416 e. The molecule has 0 spiro atoms. The van der Waals surface area contributed by atoms with Gasteiger partial charge in [0.15, 0.2) is 0 Å². The van der Waals surface area contributed by atoms with Gasteiger partial charge in [-0.1, -0.05) is 54.6 Å². The van der Waals surface area contributed by atoms with Gasteiger partial charge in [-0.2, -0.15) is 26.3 Å². The molecule has 0 bridgehead atoms. The molecule has 280 valence electrons. The zero-order valence-corrected chi connectivity index (χ0v) is 28.9. The second-order valence-corrected chi connectivity index (χ2v) is 13.5. The van der Waals surface area contributed by atoms with Crippen LogP contribution in [-0.4, -0.2) is 51.7 Å². The maximum absolute atomic E-state index is 14.2. The lowest BCUT2D eigenvalue weighted by Crippen LogP contribution is -2.51. The third kappa shape index (κ3) is 9.67. The van der Waals surface area contributed by atoms with Gasteiger partial charge in [-0.05, 0) is 103 Å². The highest BCUT2D eigenvalue weighted by Gasteiger charge is 2.42. The highest BCUT2D eigenvalue weighted by atomic mass is 19.4. The molecule has 8 nitrogen and oxygen atoms in total. The van der Waals surface area contributed by atoms with Crippen LogP contribution in [0.15, 0.2) is 91.0 Å². The first-order chi connectivity index (χ1) is 24.8. The molecule has 5 rings (SSSR count). The number of fused-ring (bicyclic) bond motifs is 1. The highest BCUT2D eigenvalue weighted by molar-refractivity contribution is 5.97. The molecule has 53 heavy (non-hydrogen) atoms. The van der Waals surface area contributed by atoms with Gasteiger partial charge in [0.05, 0.1) is 11.1 Å². The third-order valence-electron chi connectivity index (χ3n) is 8.51. The fourth-order valence-corrected chi connectivity index (χ4v) is 5.83. The van der Waals surface area contributed by atoms with Gasteiger partial charge in [-0.15, -0.1) is 0 Å². The number of amides is 3. The Morgan fingerprint density at radius 1 is 0.774 bits per heavy atom. The Morgan fingerprint density at radius 3 is 1.83 bits per heavy atom. The molecule has 0 radical (unpaired) electrons. The van der Waals surface area contributed by atoms with Crippen LogP contribution in [0.4, 0.5) is 35.9 Å². The zero-order valence-electron chi connectivity index (χ0n) is 28.9. The van der Waals surface area contributed by atoms with Crippen LogP contribution in [0.2, 0.25) is 0 Å². The number of carboxylic acid groups (broad SMARTS) is 1. The Kier molecular flexibility index (Phi) is 11.1. The van der Waals surface area contributed by atoms with E-state index in [2.05, 4.69) is 0 Å². The standard InChI is InChI=1S/C39H36F6N2O6/c1-37(2,3)53-36(51)46-21-19-28-12-17-31(52-23-25-6-13-29(14-7-25)38(40,41)42)22-32(28)33(46)34(48)47(35(49)50)20-18-24-4-8-26(9-5-24)27-10-15-30(16-11-27)39(43,44)45/h4-17,22,33H,18-21,23H2,1-3H3,(H,49,50)/t33-/m0/s1. The molecule has 1 aliphatic heterocycles. The van der Waals surface area contributed by atoms with Crippen molar-refractivity contribution in [3.63, 3.8) is 0 Å². The minimum absolute atomic E-state index is 0.0446. The van der Waals surface area contributed by atoms with Gasteiger partial charge in [0, 0.05) is 13.1 Å². The van der Waals surface area contributed by atoms with Crippen LogP contribution >= 0.6 is 0 Å². The number of benzene rings is 4. The lowest BCUT2D eigenvalue weighted by Gasteiger charge is -2.38. The topological polar surface area (TPSA) is 96.4 Å². The largest absolute Gasteiger partial charge is 0.489 e. The van der Waals surface area contributed by atoms with E-state index in [1.165, 1.54) is 35.2 Å². The van der Waals surface area contributed by atoms with Crippen molar-refractivity contribution in [3.8, 4) is 16.9 Å². The number of ether oxygens (including phenoxy) is 2. The van der Waals surface area contributed by atoms with Gasteiger partial charge in [0.25, 0.3) is 5.91 Å². The summed E-state index contributed by atoms with van der Waals surface area (Å²) in [6, 6.07) is 19.2. The van der Waals surface area contributed by atoms with Crippen molar-refractivity contribution in [1.29, 1.82) is 0 Å². The highest BCUT2D eigenvalue weighted by Crippen LogP contribution is 2.36. The molecule has 4 aromatic rings. The number of carbonyl (C=O) groups excluding carboxylic acids is 2. The predicted octanol–water partition coefficient (Wildman–Crippen LogP) is 9.55. The number of alkyl halides is 6. The van der Waals surface area contributed by atoms with Crippen molar-refractivity contribution in [2.45, 2.75) is 64.2 Å². The summed E-state index contributed by atoms with van der Waals surface area (Å²) in [7, 11) is 0. The molecular formula is C39H36F6N2O6. The van der Waals surface area contributed by atoms with Crippen LogP contribution < -0.4 is 4.74 Å². The van der Waals surface area contributed by atoms with Crippen LogP contribution in [0.3, 0.4) is 0 Å². The summed E-state index contributed by atoms with van der Waals surface area (Å²) in [6.07, 6.45) is -10.9. The van der Waals surface area contributed by atoms with Crippen LogP contribution in [0.25, 0.3) is 11.1 Å². The molecule has 1 N–H and O–H groups in total. The Morgan fingerprint density at radius 2 is 1.30 bits per heavy atom. The van der Waals surface area contributed by atoms with Crippen LogP contribution in [0, 0.1) is 0 Å². The lowest BCUT2D eigenvalue weighted by molar-refractivity contribution is -0.138. The number of hydrogen-bond acceptors (Lipinski definition) is 5. The van der Waals surface area contributed by atoms with E-state index >= 15 is 0 Å². The van der Waals surface area contributed by atoms with Gasteiger partial charge in [0.2, 0.25) is 0 Å². The number of halogens is 6. The van der Waals surface area contributed by atoms with Crippen molar-refractivity contribution < 1.29 is 55.3 Å². The molecule has 3 amide bonds. The molecule has 1 atom stereocenters. The number of hydrogen-bond donors (Lipinski definition) is 1. The molecule has 0 fully saturated rings. The molecule has 1 aliphatic rings. The van der Waals surface area contributed by atoms with E-state index < -0.39 is 53.2 Å². The summed E-state index contributed by atoms with van der Waals surface area (Å²) < 4.78 is 89.4. The van der Waals surface area contributed by atoms with Gasteiger partial charge in [0.1, 0.15) is 24.0 Å². The summed E-state index contributed by atoms with van der Waals surface area (Å²) >= 11 is 0. The normalized spacial score (nSPS) is 14.7. The van der Waals surface area contributed by atoms with Gasteiger partial charge in [-0.3, -0.25) is 9.69 Å². The molecule has 0 aliphatic carbocycles. The number of carbonyl (C=O) groups is 3. The van der Waals surface area contributed by atoms with Crippen LogP contribution in [0.5, 0.6) is 5.75 Å². The molecule has 0 saturated heterocycles. The number of nitrogens with zero attached hydrogens (tertiary/aromatic N) is 2. The van der Waals surface area contributed by atoms with Crippen molar-refractivity contribution >= 4 is 18.1 Å². The van der Waals surface area contributed by atoms with Crippen molar-refractivity contribution in [3.05, 3.63) is 124 Å². The molecule has 0 aromatic heterocycles. The average Bonchev–Trinajstić information content (AvgIpc) is 3.09. The summed E-state index contributed by atoms with van der Waals surface area (Å²) in [4.78, 5) is 42.0. The molecule has 4 aromatic carbocycles. The fourth-order valence-electron chi connectivity index (χ4n) is 5.83. The monoisotopic (exact) mass is 742 g/mol. The number of imide groups is 1. The summed E-state index contributed by atoms with van der Waals surface area (Å²) in [6.45, 7) is 4.61. The van der Waals surface area contributed by atoms with Gasteiger partial charge in [-0.25, -0.2) is 14.5 Å². The quantitative estimate of drug-likeness (QED) is 0.181. The first-order valence-electron chi connectivity index (χ1n) is 16.5. The minimum atomic E-state index is -4.49. The van der Waals surface area contributed by atoms with E-state index in [4.69, 9.17) is 9.47 Å². The van der Waals surface area contributed by atoms with Crippen LogP contribution in [0.1, 0.15) is 60.2 Å². The predicted molar refractivity (Wildman–Crippen MR) is 182 cm³/mol. The SMILES string of the molecule is CC(C)(C)OC(=O)N1CCc2ccc(OCc3ccc(C(F)(F)F)cc3)cc2[C@H]1C(=O)N(CCc1ccc(-c2ccc(C(F)(F)F)cc2)cc1)C(=O)O. The smallest absolute Gasteiger partial charge is 0.416 e. The second-order valence-electron chi connectivity index (χ2n) is 13.5. The van der Waals surface area contributed by atoms with E-state index in [-0.39, 0.29) is 31.9 Å². The third-order valence-corrected chi connectivity index (χ3v) is 8.51. The summed E-state index contributed by atoms with van der Waals surface area (Å²) in [5.74, 6) is -0.673. The average molecular weight is 743 g/mol. The fraction of sp³-hybridized carbons (Fsp3) is 0.308. The Hall–Kier alpha value is -5.53. The maximum atomic E-state index is 14.2. The van der Waals surface area contributed by atoms with E-state index in [0.717, 1.165) is 24.3 Å². The summed E-state index contributed by atoms with van der Waals surface area (Å²) in [5.41, 5.74) is 0.732.